The van der Waals surface area contributed by atoms with Gasteiger partial charge in [-0.25, -0.2) is 0 Å². The third-order valence-corrected chi connectivity index (χ3v) is 2.52. The van der Waals surface area contributed by atoms with Gasteiger partial charge >= 0.3 is 0 Å². The lowest BCUT2D eigenvalue weighted by Crippen LogP contribution is -1.83. The van der Waals surface area contributed by atoms with Crippen LogP contribution in [0.2, 0.25) is 0 Å². The van der Waals surface area contributed by atoms with Gasteiger partial charge in [-0.05, 0) is 23.3 Å². The Morgan fingerprint density at radius 2 is 1.69 bits per heavy atom. The van der Waals surface area contributed by atoms with Crippen molar-refractivity contribution in [2.24, 2.45) is 0 Å². The molecule has 2 aromatic rings. The molecule has 13 heavy (non-hydrogen) atoms. The van der Waals surface area contributed by atoms with E-state index >= 15 is 0 Å². The van der Waals surface area contributed by atoms with Gasteiger partial charge in [-0.3, -0.25) is 0 Å². The Bertz CT molecular complexity index is 418. The summed E-state index contributed by atoms with van der Waals surface area (Å²) in [4.78, 5) is 0. The zero-order chi connectivity index (χ0) is 9.26. The molecule has 0 aliphatic rings. The van der Waals surface area contributed by atoms with Crippen molar-refractivity contribution in [3.05, 3.63) is 48.0 Å². The molecule has 0 nitrogen and oxygen atoms in total. The van der Waals surface area contributed by atoms with Gasteiger partial charge in [0.05, 0.1) is 0 Å². The van der Waals surface area contributed by atoms with E-state index < -0.39 is 0 Å². The predicted molar refractivity (Wildman–Crippen MR) is 60.0 cm³/mol. The van der Waals surface area contributed by atoms with Gasteiger partial charge in [-0.1, -0.05) is 55.1 Å². The number of rotatable bonds is 1. The molecule has 2 aromatic carbocycles. The van der Waals surface area contributed by atoms with E-state index in [0.717, 1.165) is 0 Å². The molecule has 0 heterocycles. The van der Waals surface area contributed by atoms with Crippen molar-refractivity contribution in [3.8, 4) is 0 Å². The second kappa shape index (κ2) is 3.43. The van der Waals surface area contributed by atoms with Gasteiger partial charge in [-0.2, -0.15) is 0 Å². The monoisotopic (exact) mass is 187 g/mol. The fourth-order valence-electron chi connectivity index (χ4n) is 1.46. The fraction of sp³-hybridized carbons (Fsp3) is 0.167. The molecule has 0 saturated carbocycles. The van der Waals surface area contributed by atoms with Crippen LogP contribution < -0.4 is 0 Å². The van der Waals surface area contributed by atoms with Crippen molar-refractivity contribution in [3.63, 3.8) is 0 Å². The van der Waals surface area contributed by atoms with Crippen molar-refractivity contribution < 1.29 is 0 Å². The highest BCUT2D eigenvalue weighted by molar-refractivity contribution is 7.80. The lowest BCUT2D eigenvalue weighted by Gasteiger charge is -2.04. The molecule has 0 fully saturated rings. The van der Waals surface area contributed by atoms with E-state index in [4.69, 9.17) is 12.6 Å². The molecule has 1 radical (unpaired) electrons. The molecular weight excluding hydrogens is 176 g/mol. The Hall–Kier alpha value is -0.950. The summed E-state index contributed by atoms with van der Waals surface area (Å²) in [6.45, 7) is 2.04. The van der Waals surface area contributed by atoms with Crippen molar-refractivity contribution >= 4 is 23.4 Å². The highest BCUT2D eigenvalue weighted by Gasteiger charge is 2.00. The van der Waals surface area contributed by atoms with Crippen molar-refractivity contribution in [1.29, 1.82) is 0 Å². The van der Waals surface area contributed by atoms with Crippen LogP contribution in [0.25, 0.3) is 10.8 Å². The minimum atomic E-state index is 0.199. The highest BCUT2D eigenvalue weighted by atomic mass is 32.1. The fourth-order valence-corrected chi connectivity index (χ4v) is 1.61. The van der Waals surface area contributed by atoms with Crippen LogP contribution in [0.1, 0.15) is 17.7 Å². The van der Waals surface area contributed by atoms with Crippen molar-refractivity contribution in [2.75, 3.05) is 0 Å². The third kappa shape index (κ3) is 1.70. The van der Waals surface area contributed by atoms with E-state index in [0.29, 0.717) is 0 Å². The number of hydrogen-bond acceptors (Lipinski definition) is 0. The molecule has 1 heteroatoms. The molecular formula is C12H11S. The smallest absolute Gasteiger partial charge is 0.0373 e. The van der Waals surface area contributed by atoms with E-state index in [1.807, 2.05) is 6.92 Å². The van der Waals surface area contributed by atoms with E-state index in [9.17, 15) is 0 Å². The molecule has 0 aliphatic heterocycles. The summed E-state index contributed by atoms with van der Waals surface area (Å²) in [5, 5.41) is 2.75. The van der Waals surface area contributed by atoms with Crippen LogP contribution >= 0.6 is 12.6 Å². The molecule has 0 amide bonds. The average Bonchev–Trinajstić information content (AvgIpc) is 2.17. The first-order valence-electron chi connectivity index (χ1n) is 4.42. The van der Waals surface area contributed by atoms with E-state index in [1.165, 1.54) is 16.3 Å². The summed E-state index contributed by atoms with van der Waals surface area (Å²) < 4.78 is 0. The predicted octanol–water partition coefficient (Wildman–Crippen LogP) is 4.10. The quantitative estimate of drug-likeness (QED) is 0.630. The number of benzene rings is 2. The van der Waals surface area contributed by atoms with Gasteiger partial charge in [0.25, 0.3) is 0 Å². The summed E-state index contributed by atoms with van der Waals surface area (Å²) in [5.41, 5.74) is 1.23. The molecule has 0 N–H and O–H groups in total. The zero-order valence-electron chi connectivity index (χ0n) is 7.53. The lowest BCUT2D eigenvalue weighted by atomic mass is 10.1. The van der Waals surface area contributed by atoms with Gasteiger partial charge in [0.2, 0.25) is 0 Å². The largest absolute Gasteiger partial charge is 0.0856 e. The maximum atomic E-state index is 5.21. The van der Waals surface area contributed by atoms with E-state index in [1.54, 1.807) is 0 Å². The highest BCUT2D eigenvalue weighted by Crippen LogP contribution is 2.23. The average molecular weight is 187 g/mol. The van der Waals surface area contributed by atoms with E-state index in [-0.39, 0.29) is 5.25 Å². The van der Waals surface area contributed by atoms with Crippen LogP contribution in [0.3, 0.4) is 0 Å². The Balaban J connectivity index is 2.62. The van der Waals surface area contributed by atoms with Gasteiger partial charge in [-0.15, -0.1) is 0 Å². The molecule has 2 rings (SSSR count). The third-order valence-electron chi connectivity index (χ3n) is 2.24. The van der Waals surface area contributed by atoms with Crippen LogP contribution in [0.15, 0.2) is 42.5 Å². The summed E-state index contributed by atoms with van der Waals surface area (Å²) >= 11 is 5.21. The second-order valence-electron chi connectivity index (χ2n) is 3.25. The summed E-state index contributed by atoms with van der Waals surface area (Å²) in [6, 6.07) is 14.8. The van der Waals surface area contributed by atoms with Crippen LogP contribution in [0, 0.1) is 0 Å². The van der Waals surface area contributed by atoms with Gasteiger partial charge in [0.15, 0.2) is 0 Å². The normalized spacial score (nSPS) is 13.1. The molecule has 0 saturated heterocycles. The first-order valence-corrected chi connectivity index (χ1v) is 4.89. The SMILES string of the molecule is CC([S])c1ccc2ccccc2c1. The number of fused-ring (bicyclic) bond motifs is 1. The minimum Gasteiger partial charge on any atom is -0.0856 e. The van der Waals surface area contributed by atoms with Crippen molar-refractivity contribution in [1.82, 2.24) is 0 Å². The van der Waals surface area contributed by atoms with Crippen LogP contribution in [-0.2, 0) is 0 Å². The first-order chi connectivity index (χ1) is 6.27. The maximum absolute atomic E-state index is 5.21. The minimum absolute atomic E-state index is 0.199. The van der Waals surface area contributed by atoms with Gasteiger partial charge in [0, 0.05) is 5.25 Å². The van der Waals surface area contributed by atoms with Crippen molar-refractivity contribution in [2.45, 2.75) is 12.2 Å². The first kappa shape index (κ1) is 8.64. The second-order valence-corrected chi connectivity index (χ2v) is 3.96. The van der Waals surface area contributed by atoms with E-state index in [2.05, 4.69) is 42.5 Å². The summed E-state index contributed by atoms with van der Waals surface area (Å²) in [5.74, 6) is 0. The topological polar surface area (TPSA) is 0 Å². The zero-order valence-corrected chi connectivity index (χ0v) is 8.34. The number of hydrogen-bond donors (Lipinski definition) is 0. The molecule has 0 aliphatic carbocycles. The molecule has 1 unspecified atom stereocenters. The lowest BCUT2D eigenvalue weighted by molar-refractivity contribution is 1.12. The Labute approximate surface area is 84.0 Å². The Morgan fingerprint density at radius 3 is 2.38 bits per heavy atom. The molecule has 0 spiro atoms. The molecule has 65 valence electrons. The van der Waals surface area contributed by atoms with Crippen LogP contribution in [0.5, 0.6) is 0 Å². The Kier molecular flexibility index (Phi) is 2.28. The van der Waals surface area contributed by atoms with Gasteiger partial charge < -0.3 is 0 Å². The van der Waals surface area contributed by atoms with Gasteiger partial charge in [0.1, 0.15) is 0 Å². The maximum Gasteiger partial charge on any atom is 0.0373 e. The summed E-state index contributed by atoms with van der Waals surface area (Å²) in [7, 11) is 0. The standard InChI is InChI=1S/C12H11S/c1-9(13)11-7-6-10-4-2-3-5-12(10)8-11/h2-9H,1H3. The van der Waals surface area contributed by atoms with Crippen LogP contribution in [-0.4, -0.2) is 0 Å². The molecule has 1 atom stereocenters. The molecule has 0 bridgehead atoms. The molecule has 0 aromatic heterocycles. The summed E-state index contributed by atoms with van der Waals surface area (Å²) in [6.07, 6.45) is 0. The Morgan fingerprint density at radius 1 is 1.00 bits per heavy atom. The van der Waals surface area contributed by atoms with Crippen LogP contribution in [0.4, 0.5) is 0 Å².